The largest absolute Gasteiger partial charge is 0.383 e. The number of benzene rings is 1. The molecule has 4 heteroatoms. The fraction of sp³-hybridized carbons (Fsp3) is 0.571. The van der Waals surface area contributed by atoms with E-state index in [0.717, 1.165) is 29.7 Å². The van der Waals surface area contributed by atoms with Gasteiger partial charge in [0.15, 0.2) is 0 Å². The number of ether oxygens (including phenoxy) is 1. The molecule has 0 saturated heterocycles. The van der Waals surface area contributed by atoms with Gasteiger partial charge in [-0.15, -0.1) is 11.6 Å². The third kappa shape index (κ3) is 4.79. The van der Waals surface area contributed by atoms with E-state index in [1.165, 1.54) is 5.69 Å². The molecule has 0 amide bonds. The summed E-state index contributed by atoms with van der Waals surface area (Å²) in [5.41, 5.74) is 2.36. The first-order chi connectivity index (χ1) is 8.58. The van der Waals surface area contributed by atoms with Crippen LogP contribution in [0.15, 0.2) is 22.7 Å². The standard InChI is InChI=1S/C14H21BrClNO/c1-11(2)10-17(6-7-18-3)14-5-4-13(15)8-12(14)9-16/h4-5,8,11H,6-7,9-10H2,1-3H3. The van der Waals surface area contributed by atoms with E-state index < -0.39 is 0 Å². The molecular weight excluding hydrogens is 314 g/mol. The fourth-order valence-electron chi connectivity index (χ4n) is 1.92. The molecule has 0 radical (unpaired) electrons. The highest BCUT2D eigenvalue weighted by molar-refractivity contribution is 9.10. The Kier molecular flexibility index (Phi) is 7.05. The number of halogens is 2. The molecule has 1 rings (SSSR count). The second kappa shape index (κ2) is 8.03. The molecule has 0 bridgehead atoms. The van der Waals surface area contributed by atoms with Gasteiger partial charge in [-0.2, -0.15) is 0 Å². The van der Waals surface area contributed by atoms with Crippen LogP contribution in [0.4, 0.5) is 5.69 Å². The predicted octanol–water partition coefficient (Wildman–Crippen LogP) is 4.30. The first-order valence-corrected chi connectivity index (χ1v) is 7.49. The Morgan fingerprint density at radius 2 is 2.11 bits per heavy atom. The Morgan fingerprint density at radius 3 is 2.67 bits per heavy atom. The molecule has 0 aliphatic heterocycles. The van der Waals surface area contributed by atoms with Crippen molar-refractivity contribution in [2.24, 2.45) is 5.92 Å². The van der Waals surface area contributed by atoms with Crippen LogP contribution < -0.4 is 4.90 Å². The average Bonchev–Trinajstić information content (AvgIpc) is 2.34. The second-order valence-corrected chi connectivity index (χ2v) is 5.92. The van der Waals surface area contributed by atoms with Crippen molar-refractivity contribution in [3.05, 3.63) is 28.2 Å². The van der Waals surface area contributed by atoms with Crippen molar-refractivity contribution in [2.45, 2.75) is 19.7 Å². The zero-order chi connectivity index (χ0) is 13.5. The van der Waals surface area contributed by atoms with E-state index in [4.69, 9.17) is 16.3 Å². The van der Waals surface area contributed by atoms with Gasteiger partial charge in [-0.3, -0.25) is 0 Å². The monoisotopic (exact) mass is 333 g/mol. The summed E-state index contributed by atoms with van der Waals surface area (Å²) in [5.74, 6) is 1.13. The van der Waals surface area contributed by atoms with Crippen molar-refractivity contribution in [3.8, 4) is 0 Å². The van der Waals surface area contributed by atoms with Crippen molar-refractivity contribution in [3.63, 3.8) is 0 Å². The lowest BCUT2D eigenvalue weighted by molar-refractivity contribution is 0.204. The van der Waals surface area contributed by atoms with Crippen LogP contribution in [0.1, 0.15) is 19.4 Å². The minimum absolute atomic E-state index is 0.524. The third-order valence-electron chi connectivity index (χ3n) is 2.68. The summed E-state index contributed by atoms with van der Waals surface area (Å²) in [5, 5.41) is 0. The van der Waals surface area contributed by atoms with Gasteiger partial charge >= 0.3 is 0 Å². The SMILES string of the molecule is COCCN(CC(C)C)c1ccc(Br)cc1CCl. The average molecular weight is 335 g/mol. The number of alkyl halides is 1. The summed E-state index contributed by atoms with van der Waals surface area (Å²) in [6, 6.07) is 6.27. The van der Waals surface area contributed by atoms with Gasteiger partial charge in [0.2, 0.25) is 0 Å². The van der Waals surface area contributed by atoms with Gasteiger partial charge in [-0.1, -0.05) is 29.8 Å². The van der Waals surface area contributed by atoms with Crippen LogP contribution in [0, 0.1) is 5.92 Å². The molecule has 18 heavy (non-hydrogen) atoms. The summed E-state index contributed by atoms with van der Waals surface area (Å²) in [6.07, 6.45) is 0. The van der Waals surface area contributed by atoms with Crippen LogP contribution >= 0.6 is 27.5 Å². The fourth-order valence-corrected chi connectivity index (χ4v) is 2.54. The van der Waals surface area contributed by atoms with Gasteiger partial charge < -0.3 is 9.64 Å². The number of anilines is 1. The van der Waals surface area contributed by atoms with E-state index in [9.17, 15) is 0 Å². The van der Waals surface area contributed by atoms with Gasteiger partial charge in [-0.25, -0.2) is 0 Å². The molecule has 0 aliphatic carbocycles. The highest BCUT2D eigenvalue weighted by Gasteiger charge is 2.12. The molecule has 0 atom stereocenters. The first-order valence-electron chi connectivity index (χ1n) is 6.16. The minimum Gasteiger partial charge on any atom is -0.383 e. The van der Waals surface area contributed by atoms with Gasteiger partial charge in [-0.05, 0) is 29.7 Å². The van der Waals surface area contributed by atoms with E-state index >= 15 is 0 Å². The molecule has 2 nitrogen and oxygen atoms in total. The van der Waals surface area contributed by atoms with Crippen LogP contribution in [0.3, 0.4) is 0 Å². The van der Waals surface area contributed by atoms with Crippen LogP contribution in [-0.2, 0) is 10.6 Å². The summed E-state index contributed by atoms with van der Waals surface area (Å²) >= 11 is 9.53. The normalized spacial score (nSPS) is 11.0. The molecule has 0 aromatic heterocycles. The molecule has 0 heterocycles. The van der Waals surface area contributed by atoms with Crippen molar-refractivity contribution >= 4 is 33.2 Å². The molecule has 1 aromatic carbocycles. The molecule has 0 aliphatic rings. The molecule has 0 N–H and O–H groups in total. The lowest BCUT2D eigenvalue weighted by Crippen LogP contribution is -2.31. The zero-order valence-corrected chi connectivity index (χ0v) is 13.6. The molecule has 102 valence electrons. The lowest BCUT2D eigenvalue weighted by Gasteiger charge is -2.28. The van der Waals surface area contributed by atoms with Crippen LogP contribution in [0.2, 0.25) is 0 Å². The second-order valence-electron chi connectivity index (χ2n) is 4.74. The van der Waals surface area contributed by atoms with Crippen LogP contribution in [0.25, 0.3) is 0 Å². The Labute approximate surface area is 123 Å². The maximum Gasteiger partial charge on any atom is 0.0637 e. The van der Waals surface area contributed by atoms with Gasteiger partial charge in [0.1, 0.15) is 0 Å². The minimum atomic E-state index is 0.524. The third-order valence-corrected chi connectivity index (χ3v) is 3.46. The van der Waals surface area contributed by atoms with E-state index in [2.05, 4.69) is 52.9 Å². The Hall–Kier alpha value is -0.250. The summed E-state index contributed by atoms with van der Waals surface area (Å²) in [6.45, 7) is 7.07. The lowest BCUT2D eigenvalue weighted by atomic mass is 10.1. The molecule has 0 fully saturated rings. The van der Waals surface area contributed by atoms with E-state index in [1.807, 2.05) is 0 Å². The zero-order valence-electron chi connectivity index (χ0n) is 11.2. The van der Waals surface area contributed by atoms with E-state index in [0.29, 0.717) is 11.8 Å². The summed E-state index contributed by atoms with van der Waals surface area (Å²) in [4.78, 5) is 2.35. The maximum absolute atomic E-state index is 6.04. The van der Waals surface area contributed by atoms with E-state index in [-0.39, 0.29) is 0 Å². The quantitative estimate of drug-likeness (QED) is 0.689. The van der Waals surface area contributed by atoms with Crippen molar-refractivity contribution in [1.29, 1.82) is 0 Å². The van der Waals surface area contributed by atoms with Crippen LogP contribution in [0.5, 0.6) is 0 Å². The number of hydrogen-bond acceptors (Lipinski definition) is 2. The highest BCUT2D eigenvalue weighted by Crippen LogP contribution is 2.26. The highest BCUT2D eigenvalue weighted by atomic mass is 79.9. The van der Waals surface area contributed by atoms with Crippen molar-refractivity contribution in [2.75, 3.05) is 31.7 Å². The summed E-state index contributed by atoms with van der Waals surface area (Å²) < 4.78 is 6.26. The molecular formula is C14H21BrClNO. The van der Waals surface area contributed by atoms with Gasteiger partial charge in [0.25, 0.3) is 0 Å². The summed E-state index contributed by atoms with van der Waals surface area (Å²) in [7, 11) is 1.73. The maximum atomic E-state index is 6.04. The molecule has 0 saturated carbocycles. The Morgan fingerprint density at radius 1 is 1.39 bits per heavy atom. The topological polar surface area (TPSA) is 12.5 Å². The first kappa shape index (κ1) is 15.8. The van der Waals surface area contributed by atoms with Gasteiger partial charge in [0, 0.05) is 36.2 Å². The predicted molar refractivity (Wildman–Crippen MR) is 82.6 cm³/mol. The van der Waals surface area contributed by atoms with Gasteiger partial charge in [0.05, 0.1) is 6.61 Å². The number of methoxy groups -OCH3 is 1. The van der Waals surface area contributed by atoms with E-state index in [1.54, 1.807) is 7.11 Å². The number of nitrogens with zero attached hydrogens (tertiary/aromatic N) is 1. The number of hydrogen-bond donors (Lipinski definition) is 0. The smallest absolute Gasteiger partial charge is 0.0637 e. The van der Waals surface area contributed by atoms with Crippen molar-refractivity contribution < 1.29 is 4.74 Å². The number of rotatable bonds is 7. The molecule has 0 unspecified atom stereocenters. The molecule has 0 spiro atoms. The van der Waals surface area contributed by atoms with Crippen LogP contribution in [-0.4, -0.2) is 26.8 Å². The molecule has 1 aromatic rings. The Balaban J connectivity index is 2.95. The van der Waals surface area contributed by atoms with Crippen molar-refractivity contribution in [1.82, 2.24) is 0 Å². The Bertz CT molecular complexity index is 371.